The molecule has 1 amide bonds. The summed E-state index contributed by atoms with van der Waals surface area (Å²) in [5.41, 5.74) is 2.08. The van der Waals surface area contributed by atoms with Crippen molar-refractivity contribution in [3.63, 3.8) is 0 Å². The summed E-state index contributed by atoms with van der Waals surface area (Å²) in [4.78, 5) is 27.0. The number of non-ortho nitro benzene ring substituents is 1. The topological polar surface area (TPSA) is 126 Å². The van der Waals surface area contributed by atoms with Crippen LogP contribution < -0.4 is 14.7 Å². The fourth-order valence-electron chi connectivity index (χ4n) is 3.46. The fourth-order valence-corrected chi connectivity index (χ4v) is 3.46. The Labute approximate surface area is 207 Å². The minimum absolute atomic E-state index is 0.0699. The Hall–Kier alpha value is -4.94. The second-order valence-electron chi connectivity index (χ2n) is 7.69. The lowest BCUT2D eigenvalue weighted by atomic mass is 10.1. The van der Waals surface area contributed by atoms with Crippen LogP contribution in [-0.4, -0.2) is 38.7 Å². The van der Waals surface area contributed by atoms with E-state index in [-0.39, 0.29) is 23.7 Å². The van der Waals surface area contributed by atoms with Crippen LogP contribution in [0.15, 0.2) is 79.1 Å². The number of hydrogen-bond acceptors (Lipinski definition) is 7. The third-order valence-corrected chi connectivity index (χ3v) is 5.26. The number of amides is 1. The first-order valence-electron chi connectivity index (χ1n) is 10.7. The molecule has 3 aromatic carbocycles. The maximum atomic E-state index is 12.3. The molecule has 0 atom stereocenters. The van der Waals surface area contributed by atoms with Gasteiger partial charge in [-0.3, -0.25) is 10.1 Å². The lowest BCUT2D eigenvalue weighted by Gasteiger charge is -2.25. The quantitative estimate of drug-likeness (QED) is 0.257. The van der Waals surface area contributed by atoms with Gasteiger partial charge in [0.1, 0.15) is 18.2 Å². The number of nitro groups is 1. The normalized spacial score (nSPS) is 11.2. The highest BCUT2D eigenvalue weighted by Gasteiger charge is 2.31. The van der Waals surface area contributed by atoms with Crippen molar-refractivity contribution in [3.05, 3.63) is 94.8 Å². The molecule has 1 aromatic heterocycles. The van der Waals surface area contributed by atoms with E-state index in [1.807, 2.05) is 0 Å². The molecule has 10 nitrogen and oxygen atoms in total. The molecule has 1 heterocycles. The van der Waals surface area contributed by atoms with Gasteiger partial charge >= 0.3 is 6.36 Å². The van der Waals surface area contributed by atoms with Crippen molar-refractivity contribution in [2.45, 2.75) is 12.8 Å². The number of ether oxygens (including phenoxy) is 1. The summed E-state index contributed by atoms with van der Waals surface area (Å²) in [5, 5.41) is 26.7. The van der Waals surface area contributed by atoms with Crippen molar-refractivity contribution in [2.75, 3.05) is 11.4 Å². The number of rotatable bonds is 8. The molecule has 0 fully saturated rings. The Kier molecular flexibility index (Phi) is 7.04. The summed E-state index contributed by atoms with van der Waals surface area (Å²) < 4.78 is 42.2. The summed E-state index contributed by atoms with van der Waals surface area (Å²) in [5.74, 6) is 0.0300. The van der Waals surface area contributed by atoms with E-state index in [0.717, 1.165) is 10.5 Å². The minimum Gasteiger partial charge on any atom is -0.530 e. The van der Waals surface area contributed by atoms with Gasteiger partial charge in [0.15, 0.2) is 5.82 Å². The van der Waals surface area contributed by atoms with Crippen molar-refractivity contribution in [2.24, 2.45) is 0 Å². The maximum absolute atomic E-state index is 12.3. The van der Waals surface area contributed by atoms with E-state index in [1.165, 1.54) is 59.5 Å². The van der Waals surface area contributed by atoms with E-state index in [1.54, 1.807) is 24.3 Å². The number of alkyl halides is 3. The highest BCUT2D eigenvalue weighted by atomic mass is 19.4. The van der Waals surface area contributed by atoms with Crippen LogP contribution in [0.25, 0.3) is 17.1 Å². The third-order valence-electron chi connectivity index (χ3n) is 5.26. The monoisotopic (exact) mass is 512 g/mol. The molecule has 0 aliphatic rings. The van der Waals surface area contributed by atoms with Gasteiger partial charge in [0.05, 0.1) is 10.6 Å². The number of halogens is 3. The predicted octanol–water partition coefficient (Wildman–Crippen LogP) is 4.13. The van der Waals surface area contributed by atoms with E-state index in [2.05, 4.69) is 14.8 Å². The van der Waals surface area contributed by atoms with E-state index < -0.39 is 17.4 Å². The van der Waals surface area contributed by atoms with Crippen LogP contribution in [0.2, 0.25) is 0 Å². The Morgan fingerprint density at radius 1 is 1.00 bits per heavy atom. The lowest BCUT2D eigenvalue weighted by Crippen LogP contribution is -2.42. The molecule has 0 bridgehead atoms. The van der Waals surface area contributed by atoms with Gasteiger partial charge in [-0.25, -0.2) is 9.67 Å². The van der Waals surface area contributed by atoms with Crippen molar-refractivity contribution in [1.82, 2.24) is 14.8 Å². The molecule has 0 saturated carbocycles. The van der Waals surface area contributed by atoms with E-state index in [4.69, 9.17) is 0 Å². The standard InChI is InChI=1S/C24H18F3N5O5/c25-24(26,27)37-21-11-9-19(10-12-21)31-15-28-22(29-31)17-3-1-16(2-4-17)13-14-30(23(33)34)18-5-7-20(8-6-18)32(35)36/h1-12,15H,13-14H2,(H,33,34)/p-1. The summed E-state index contributed by atoms with van der Waals surface area (Å²) in [6, 6.07) is 17.4. The molecule has 0 spiro atoms. The van der Waals surface area contributed by atoms with Crippen LogP contribution in [0.3, 0.4) is 0 Å². The highest BCUT2D eigenvalue weighted by molar-refractivity contribution is 5.84. The Balaban J connectivity index is 1.40. The average Bonchev–Trinajstić information content (AvgIpc) is 3.34. The first-order chi connectivity index (χ1) is 17.6. The Morgan fingerprint density at radius 3 is 2.22 bits per heavy atom. The molecule has 37 heavy (non-hydrogen) atoms. The van der Waals surface area contributed by atoms with Crippen LogP contribution in [0.4, 0.5) is 29.3 Å². The lowest BCUT2D eigenvalue weighted by molar-refractivity contribution is -0.384. The number of anilines is 1. The number of nitrogens with zero attached hydrogens (tertiary/aromatic N) is 5. The molecule has 0 unspecified atom stereocenters. The number of carboxylic acid groups (broad SMARTS) is 1. The number of aromatic nitrogens is 3. The van der Waals surface area contributed by atoms with Gasteiger partial charge in [0, 0.05) is 29.9 Å². The van der Waals surface area contributed by atoms with Crippen LogP contribution in [-0.2, 0) is 6.42 Å². The molecule has 4 rings (SSSR count). The summed E-state index contributed by atoms with van der Waals surface area (Å²) in [7, 11) is 0. The third kappa shape index (κ3) is 6.39. The van der Waals surface area contributed by atoms with Crippen LogP contribution in [0.1, 0.15) is 5.56 Å². The van der Waals surface area contributed by atoms with E-state index >= 15 is 0 Å². The summed E-state index contributed by atoms with van der Waals surface area (Å²) in [6.07, 6.45) is -4.44. The van der Waals surface area contributed by atoms with Gasteiger partial charge in [-0.2, -0.15) is 0 Å². The first-order valence-corrected chi connectivity index (χ1v) is 10.7. The molecule has 0 radical (unpaired) electrons. The minimum atomic E-state index is -4.78. The molecule has 0 N–H and O–H groups in total. The zero-order chi connectivity index (χ0) is 26.6. The molecule has 190 valence electrons. The van der Waals surface area contributed by atoms with Gasteiger partial charge in [0.25, 0.3) is 5.69 Å². The number of carbonyl (C=O) groups is 1. The second-order valence-corrected chi connectivity index (χ2v) is 7.69. The summed E-state index contributed by atoms with van der Waals surface area (Å²) in [6.45, 7) is 0.0699. The maximum Gasteiger partial charge on any atom is 0.573 e. The van der Waals surface area contributed by atoms with Gasteiger partial charge < -0.3 is 19.5 Å². The molecule has 4 aromatic rings. The first kappa shape index (κ1) is 25.2. The van der Waals surface area contributed by atoms with Crippen LogP contribution in [0.5, 0.6) is 5.75 Å². The van der Waals surface area contributed by atoms with E-state index in [9.17, 15) is 33.2 Å². The van der Waals surface area contributed by atoms with Crippen molar-refractivity contribution in [1.29, 1.82) is 0 Å². The largest absolute Gasteiger partial charge is 0.573 e. The zero-order valence-corrected chi connectivity index (χ0v) is 18.8. The SMILES string of the molecule is O=C([O-])N(CCc1ccc(-c2ncn(-c3ccc(OC(F)(F)F)cc3)n2)cc1)c1ccc([N+](=O)[O-])cc1. The number of hydrogen-bond donors (Lipinski definition) is 0. The number of carbonyl (C=O) groups excluding carboxylic acids is 1. The molecule has 0 aliphatic carbocycles. The molecular weight excluding hydrogens is 495 g/mol. The molecule has 0 aliphatic heterocycles. The van der Waals surface area contributed by atoms with Crippen LogP contribution in [0, 0.1) is 10.1 Å². The van der Waals surface area contributed by atoms with Gasteiger partial charge in [-0.15, -0.1) is 18.3 Å². The molecular formula is C24H17F3N5O5-. The van der Waals surface area contributed by atoms with Gasteiger partial charge in [-0.1, -0.05) is 24.3 Å². The highest BCUT2D eigenvalue weighted by Crippen LogP contribution is 2.24. The number of nitro benzene ring substituents is 1. The van der Waals surface area contributed by atoms with Gasteiger partial charge in [-0.05, 0) is 48.4 Å². The predicted molar refractivity (Wildman–Crippen MR) is 123 cm³/mol. The Morgan fingerprint density at radius 2 is 1.65 bits per heavy atom. The van der Waals surface area contributed by atoms with Crippen molar-refractivity contribution < 1.29 is 32.7 Å². The van der Waals surface area contributed by atoms with Crippen LogP contribution >= 0.6 is 0 Å². The smallest absolute Gasteiger partial charge is 0.530 e. The number of benzene rings is 3. The van der Waals surface area contributed by atoms with Crippen molar-refractivity contribution in [3.8, 4) is 22.8 Å². The molecule has 0 saturated heterocycles. The average molecular weight is 512 g/mol. The Bertz CT molecular complexity index is 1390. The van der Waals surface area contributed by atoms with Gasteiger partial charge in [0.2, 0.25) is 0 Å². The molecule has 13 heteroatoms. The van der Waals surface area contributed by atoms with E-state index in [0.29, 0.717) is 23.5 Å². The zero-order valence-electron chi connectivity index (χ0n) is 18.8. The van der Waals surface area contributed by atoms with Crippen molar-refractivity contribution >= 4 is 17.5 Å². The second kappa shape index (κ2) is 10.4. The fraction of sp³-hybridized carbons (Fsp3) is 0.125. The summed E-state index contributed by atoms with van der Waals surface area (Å²) >= 11 is 0.